The van der Waals surface area contributed by atoms with Gasteiger partial charge in [-0.05, 0) is 31.0 Å². The molecule has 1 aromatic carbocycles. The first-order valence-electron chi connectivity index (χ1n) is 7.33. The van der Waals surface area contributed by atoms with E-state index in [2.05, 4.69) is 13.5 Å². The molecule has 5 heteroatoms. The van der Waals surface area contributed by atoms with Gasteiger partial charge in [-0.15, -0.1) is 0 Å². The van der Waals surface area contributed by atoms with Crippen LogP contribution in [-0.2, 0) is 11.2 Å². The third kappa shape index (κ3) is 4.41. The minimum absolute atomic E-state index is 0.00275. The van der Waals surface area contributed by atoms with Crippen LogP contribution in [0, 0.1) is 0 Å². The molecule has 0 heterocycles. The van der Waals surface area contributed by atoms with Crippen LogP contribution < -0.4 is 9.64 Å². The number of halogens is 1. The van der Waals surface area contributed by atoms with Crippen LogP contribution in [0.5, 0.6) is 5.75 Å². The van der Waals surface area contributed by atoms with Crippen molar-refractivity contribution in [3.05, 3.63) is 35.0 Å². The Kier molecular flexibility index (Phi) is 6.75. The summed E-state index contributed by atoms with van der Waals surface area (Å²) in [6.45, 7) is 8.00. The molecule has 0 radical (unpaired) electrons. The quantitative estimate of drug-likeness (QED) is 0.766. The van der Waals surface area contributed by atoms with E-state index in [9.17, 15) is 4.79 Å². The molecule has 0 bridgehead atoms. The molecule has 0 aromatic heterocycles. The number of carbonyl (C=O) groups excluding carboxylic acids is 1. The van der Waals surface area contributed by atoms with Crippen LogP contribution in [0.25, 0.3) is 0 Å². The predicted octanol–water partition coefficient (Wildman–Crippen LogP) is 3.73. The average molecular weight is 325 g/mol. The zero-order valence-corrected chi connectivity index (χ0v) is 14.8. The molecule has 0 unspecified atom stereocenters. The Labute approximate surface area is 138 Å². The van der Waals surface area contributed by atoms with E-state index in [1.807, 2.05) is 24.9 Å². The van der Waals surface area contributed by atoms with Crippen LogP contribution in [0.1, 0.15) is 25.8 Å². The second-order valence-corrected chi connectivity index (χ2v) is 5.90. The van der Waals surface area contributed by atoms with Crippen molar-refractivity contribution >= 4 is 23.2 Å². The summed E-state index contributed by atoms with van der Waals surface area (Å²) in [5.74, 6) is 0.560. The average Bonchev–Trinajstić information content (AvgIpc) is 2.46. The lowest BCUT2D eigenvalue weighted by molar-refractivity contribution is -0.130. The largest absolute Gasteiger partial charge is 0.482 e. The molecule has 122 valence electrons. The molecule has 0 fully saturated rings. The van der Waals surface area contributed by atoms with E-state index in [1.165, 1.54) is 4.90 Å². The number of anilines is 1. The van der Waals surface area contributed by atoms with Crippen molar-refractivity contribution in [2.24, 2.45) is 0 Å². The Hall–Kier alpha value is -1.68. The van der Waals surface area contributed by atoms with Crippen molar-refractivity contribution in [2.75, 3.05) is 32.6 Å². The first-order chi connectivity index (χ1) is 10.3. The third-order valence-electron chi connectivity index (χ3n) is 3.45. The zero-order valence-electron chi connectivity index (χ0n) is 14.1. The van der Waals surface area contributed by atoms with E-state index in [4.69, 9.17) is 16.3 Å². The van der Waals surface area contributed by atoms with E-state index < -0.39 is 0 Å². The maximum atomic E-state index is 11.8. The van der Waals surface area contributed by atoms with Gasteiger partial charge >= 0.3 is 0 Å². The standard InChI is InChI=1S/C17H25ClN2O2/c1-7-8-13-14(18)9-10-15(17(13)20(6)12(2)3)22-11-16(21)19(4)5/h9-10H,2,7-8,11H2,1,3-6H3. The Balaban J connectivity index is 3.22. The fourth-order valence-electron chi connectivity index (χ4n) is 2.02. The number of carbonyl (C=O) groups is 1. The van der Waals surface area contributed by atoms with Crippen molar-refractivity contribution < 1.29 is 9.53 Å². The molecule has 0 atom stereocenters. The van der Waals surface area contributed by atoms with Gasteiger partial charge in [0.15, 0.2) is 6.61 Å². The summed E-state index contributed by atoms with van der Waals surface area (Å²) in [6.07, 6.45) is 1.81. The number of allylic oxidation sites excluding steroid dienone is 1. The molecular weight excluding hydrogens is 300 g/mol. The van der Waals surface area contributed by atoms with Crippen LogP contribution in [0.2, 0.25) is 5.02 Å². The van der Waals surface area contributed by atoms with E-state index in [0.717, 1.165) is 29.8 Å². The van der Waals surface area contributed by atoms with Crippen LogP contribution in [0.3, 0.4) is 0 Å². The normalized spacial score (nSPS) is 10.3. The zero-order chi connectivity index (χ0) is 16.9. The maximum absolute atomic E-state index is 11.8. The van der Waals surface area contributed by atoms with E-state index >= 15 is 0 Å². The molecule has 22 heavy (non-hydrogen) atoms. The predicted molar refractivity (Wildman–Crippen MR) is 92.9 cm³/mol. The first kappa shape index (κ1) is 18.4. The number of amides is 1. The lowest BCUT2D eigenvalue weighted by Crippen LogP contribution is -2.28. The number of hydrogen-bond donors (Lipinski definition) is 0. The lowest BCUT2D eigenvalue weighted by Gasteiger charge is -2.26. The van der Waals surface area contributed by atoms with Gasteiger partial charge in [0.2, 0.25) is 0 Å². The highest BCUT2D eigenvalue weighted by Crippen LogP contribution is 2.38. The number of rotatable bonds is 7. The number of hydrogen-bond acceptors (Lipinski definition) is 3. The number of likely N-dealkylation sites (N-methyl/N-ethyl adjacent to an activating group) is 1. The van der Waals surface area contributed by atoms with Gasteiger partial charge in [-0.25, -0.2) is 0 Å². The highest BCUT2D eigenvalue weighted by Gasteiger charge is 2.18. The van der Waals surface area contributed by atoms with Gasteiger partial charge in [-0.3, -0.25) is 4.79 Å². The Morgan fingerprint density at radius 3 is 2.45 bits per heavy atom. The summed E-state index contributed by atoms with van der Waals surface area (Å²) < 4.78 is 5.74. The minimum atomic E-state index is -0.0871. The Morgan fingerprint density at radius 2 is 1.95 bits per heavy atom. The highest BCUT2D eigenvalue weighted by molar-refractivity contribution is 6.31. The lowest BCUT2D eigenvalue weighted by atomic mass is 10.1. The summed E-state index contributed by atoms with van der Waals surface area (Å²) in [6, 6.07) is 3.62. The van der Waals surface area contributed by atoms with Gasteiger partial charge in [-0.2, -0.15) is 0 Å². The Morgan fingerprint density at radius 1 is 1.32 bits per heavy atom. The molecule has 0 N–H and O–H groups in total. The first-order valence-corrected chi connectivity index (χ1v) is 7.70. The summed E-state index contributed by atoms with van der Waals surface area (Å²) in [7, 11) is 5.34. The van der Waals surface area contributed by atoms with Crippen LogP contribution in [-0.4, -0.2) is 38.6 Å². The van der Waals surface area contributed by atoms with E-state index in [1.54, 1.807) is 20.2 Å². The summed E-state index contributed by atoms with van der Waals surface area (Å²) in [4.78, 5) is 15.2. The maximum Gasteiger partial charge on any atom is 0.259 e. The molecule has 0 spiro atoms. The smallest absolute Gasteiger partial charge is 0.259 e. The molecule has 4 nitrogen and oxygen atoms in total. The van der Waals surface area contributed by atoms with Gasteiger partial charge in [0.1, 0.15) is 5.75 Å². The minimum Gasteiger partial charge on any atom is -0.482 e. The van der Waals surface area contributed by atoms with Gasteiger partial charge in [-0.1, -0.05) is 31.5 Å². The van der Waals surface area contributed by atoms with E-state index in [0.29, 0.717) is 10.8 Å². The second-order valence-electron chi connectivity index (χ2n) is 5.49. The van der Waals surface area contributed by atoms with Gasteiger partial charge in [0, 0.05) is 31.9 Å². The fourth-order valence-corrected chi connectivity index (χ4v) is 2.27. The molecule has 1 aromatic rings. The van der Waals surface area contributed by atoms with Crippen molar-refractivity contribution in [1.29, 1.82) is 0 Å². The van der Waals surface area contributed by atoms with Gasteiger partial charge < -0.3 is 14.5 Å². The fraction of sp³-hybridized carbons (Fsp3) is 0.471. The monoisotopic (exact) mass is 324 g/mol. The Bertz CT molecular complexity index is 556. The summed E-state index contributed by atoms with van der Waals surface area (Å²) >= 11 is 6.36. The van der Waals surface area contributed by atoms with Gasteiger partial charge in [0.05, 0.1) is 5.69 Å². The topological polar surface area (TPSA) is 32.8 Å². The second kappa shape index (κ2) is 8.08. The summed E-state index contributed by atoms with van der Waals surface area (Å²) in [5, 5.41) is 0.705. The van der Waals surface area contributed by atoms with E-state index in [-0.39, 0.29) is 12.5 Å². The van der Waals surface area contributed by atoms with Crippen molar-refractivity contribution in [1.82, 2.24) is 4.90 Å². The van der Waals surface area contributed by atoms with Crippen LogP contribution >= 0.6 is 11.6 Å². The van der Waals surface area contributed by atoms with Crippen LogP contribution in [0.15, 0.2) is 24.4 Å². The molecule has 0 saturated carbocycles. The molecule has 1 amide bonds. The highest BCUT2D eigenvalue weighted by atomic mass is 35.5. The molecular formula is C17H25ClN2O2. The van der Waals surface area contributed by atoms with Gasteiger partial charge in [0.25, 0.3) is 5.91 Å². The molecule has 0 saturated heterocycles. The third-order valence-corrected chi connectivity index (χ3v) is 3.80. The number of benzene rings is 1. The molecule has 0 aliphatic heterocycles. The van der Waals surface area contributed by atoms with Crippen molar-refractivity contribution in [3.8, 4) is 5.75 Å². The number of nitrogens with zero attached hydrogens (tertiary/aromatic N) is 2. The SMILES string of the molecule is C=C(C)N(C)c1c(OCC(=O)N(C)C)ccc(Cl)c1CCC. The van der Waals surface area contributed by atoms with Crippen molar-refractivity contribution in [2.45, 2.75) is 26.7 Å². The molecule has 1 rings (SSSR count). The number of ether oxygens (including phenoxy) is 1. The van der Waals surface area contributed by atoms with Crippen molar-refractivity contribution in [3.63, 3.8) is 0 Å². The molecule has 0 aliphatic carbocycles. The van der Waals surface area contributed by atoms with Crippen LogP contribution in [0.4, 0.5) is 5.69 Å². The summed E-state index contributed by atoms with van der Waals surface area (Å²) in [5.41, 5.74) is 2.78. The molecule has 0 aliphatic rings.